The number of carboxylic acid groups (broad SMARTS) is 1. The van der Waals surface area contributed by atoms with E-state index in [-0.39, 0.29) is 16.9 Å². The molecule has 4 heterocycles. The quantitative estimate of drug-likeness (QED) is 0.392. The van der Waals surface area contributed by atoms with Crippen LogP contribution in [0, 0.1) is 12.3 Å². The van der Waals surface area contributed by atoms with E-state index in [1.807, 2.05) is 29.7 Å². The Morgan fingerprint density at radius 1 is 1.05 bits per heavy atom. The van der Waals surface area contributed by atoms with Gasteiger partial charge in [0.25, 0.3) is 5.91 Å². The molecule has 1 aliphatic heterocycles. The number of aryl methyl sites for hydroxylation is 1. The van der Waals surface area contributed by atoms with Crippen LogP contribution in [0.4, 0.5) is 5.95 Å². The average Bonchev–Trinajstić information content (AvgIpc) is 3.30. The van der Waals surface area contributed by atoms with Crippen LogP contribution < -0.4 is 4.90 Å². The fraction of sp³-hybridized carbons (Fsp3) is 0.594. The summed E-state index contributed by atoms with van der Waals surface area (Å²) in [7, 11) is 0. The zero-order chi connectivity index (χ0) is 29.9. The van der Waals surface area contributed by atoms with Gasteiger partial charge in [-0.3, -0.25) is 4.79 Å². The Kier molecular flexibility index (Phi) is 7.15. The molecule has 1 amide bonds. The molecule has 2 aliphatic rings. The first-order chi connectivity index (χ1) is 19.1. The normalized spacial score (nSPS) is 19.5. The molecule has 0 atom stereocenters. The summed E-state index contributed by atoms with van der Waals surface area (Å²) in [4.78, 5) is 42.9. The van der Waals surface area contributed by atoms with Crippen molar-refractivity contribution in [2.75, 3.05) is 24.5 Å². The van der Waals surface area contributed by atoms with Crippen molar-refractivity contribution in [1.29, 1.82) is 0 Å². The molecule has 3 aromatic rings. The van der Waals surface area contributed by atoms with Crippen LogP contribution in [0.3, 0.4) is 0 Å². The highest BCUT2D eigenvalue weighted by atomic mass is 16.4. The fourth-order valence-corrected chi connectivity index (χ4v) is 6.26. The molecule has 1 saturated carbocycles. The topological polar surface area (TPSA) is 113 Å². The molecule has 1 saturated heterocycles. The minimum Gasteiger partial charge on any atom is -0.478 e. The second kappa shape index (κ2) is 10.1. The largest absolute Gasteiger partial charge is 0.478 e. The van der Waals surface area contributed by atoms with E-state index in [1.165, 1.54) is 19.0 Å². The molecule has 0 radical (unpaired) electrons. The first kappa shape index (κ1) is 29.0. The van der Waals surface area contributed by atoms with Crippen molar-refractivity contribution in [3.63, 3.8) is 0 Å². The maximum atomic E-state index is 13.9. The fourth-order valence-electron chi connectivity index (χ4n) is 6.26. The van der Waals surface area contributed by atoms with Crippen LogP contribution in [0.2, 0.25) is 0 Å². The zero-order valence-electron chi connectivity index (χ0n) is 25.7. The van der Waals surface area contributed by atoms with Gasteiger partial charge in [-0.1, -0.05) is 34.6 Å². The average molecular weight is 562 g/mol. The summed E-state index contributed by atoms with van der Waals surface area (Å²) in [5, 5.41) is 9.32. The van der Waals surface area contributed by atoms with E-state index in [4.69, 9.17) is 9.40 Å². The Morgan fingerprint density at radius 2 is 1.73 bits per heavy atom. The number of anilines is 1. The Balaban J connectivity index is 1.41. The van der Waals surface area contributed by atoms with Gasteiger partial charge in [-0.2, -0.15) is 0 Å². The molecule has 1 N–H and O–H groups in total. The lowest BCUT2D eigenvalue weighted by atomic mass is 9.72. The smallest absolute Gasteiger partial charge is 0.339 e. The minimum absolute atomic E-state index is 0.0884. The Morgan fingerprint density at radius 3 is 2.32 bits per heavy atom. The van der Waals surface area contributed by atoms with Gasteiger partial charge in [0.15, 0.2) is 11.3 Å². The van der Waals surface area contributed by atoms with Crippen molar-refractivity contribution < 1.29 is 19.1 Å². The summed E-state index contributed by atoms with van der Waals surface area (Å²) in [6, 6.07) is 4.03. The van der Waals surface area contributed by atoms with Crippen LogP contribution >= 0.6 is 0 Å². The summed E-state index contributed by atoms with van der Waals surface area (Å²) < 4.78 is 6.32. The van der Waals surface area contributed by atoms with Crippen LogP contribution in [0.1, 0.15) is 118 Å². The van der Waals surface area contributed by atoms with Crippen molar-refractivity contribution in [2.24, 2.45) is 5.41 Å². The third-order valence-electron chi connectivity index (χ3n) is 8.90. The van der Waals surface area contributed by atoms with E-state index in [9.17, 15) is 14.7 Å². The van der Waals surface area contributed by atoms with Crippen LogP contribution in [-0.4, -0.2) is 62.0 Å². The number of rotatable bonds is 4. The number of hydrogen-bond donors (Lipinski definition) is 1. The third-order valence-corrected chi connectivity index (χ3v) is 8.90. The Labute approximate surface area is 242 Å². The van der Waals surface area contributed by atoms with Gasteiger partial charge in [-0.05, 0) is 63.4 Å². The van der Waals surface area contributed by atoms with Crippen molar-refractivity contribution in [2.45, 2.75) is 97.9 Å². The van der Waals surface area contributed by atoms with Gasteiger partial charge in [0.1, 0.15) is 5.52 Å². The molecule has 0 aromatic carbocycles. The molecule has 1 aliphatic carbocycles. The molecule has 220 valence electrons. The molecular formula is C32H43N5O4. The van der Waals surface area contributed by atoms with Crippen LogP contribution in [0.15, 0.2) is 22.7 Å². The summed E-state index contributed by atoms with van der Waals surface area (Å²) in [5.74, 6) is -0.0141. The van der Waals surface area contributed by atoms with E-state index in [2.05, 4.69) is 50.7 Å². The molecule has 2 fully saturated rings. The monoisotopic (exact) mass is 561 g/mol. The van der Waals surface area contributed by atoms with Crippen molar-refractivity contribution in [1.82, 2.24) is 19.9 Å². The van der Waals surface area contributed by atoms with Gasteiger partial charge in [0.2, 0.25) is 5.95 Å². The maximum Gasteiger partial charge on any atom is 0.339 e. The van der Waals surface area contributed by atoms with E-state index < -0.39 is 11.5 Å². The van der Waals surface area contributed by atoms with Gasteiger partial charge < -0.3 is 19.3 Å². The second-order valence-corrected chi connectivity index (χ2v) is 14.3. The number of piperazine rings is 1. The Bertz CT molecular complexity index is 1490. The number of hydrogen-bond acceptors (Lipinski definition) is 7. The molecule has 41 heavy (non-hydrogen) atoms. The summed E-state index contributed by atoms with van der Waals surface area (Å²) >= 11 is 0. The molecule has 3 aromatic heterocycles. The predicted octanol–water partition coefficient (Wildman–Crippen LogP) is 6.35. The number of carboxylic acids is 1. The number of carbonyl (C=O) groups excluding carboxylic acids is 1. The maximum absolute atomic E-state index is 13.9. The van der Waals surface area contributed by atoms with Gasteiger partial charge in [0, 0.05) is 49.1 Å². The number of furan rings is 1. The first-order valence-electron chi connectivity index (χ1n) is 14.6. The Hall–Kier alpha value is -3.49. The van der Waals surface area contributed by atoms with E-state index in [0.717, 1.165) is 29.6 Å². The van der Waals surface area contributed by atoms with Gasteiger partial charge in [0.05, 0.1) is 16.8 Å². The highest BCUT2D eigenvalue weighted by Crippen LogP contribution is 2.43. The number of carbonyl (C=O) groups is 2. The molecular weight excluding hydrogens is 518 g/mol. The van der Waals surface area contributed by atoms with E-state index >= 15 is 0 Å². The molecule has 0 unspecified atom stereocenters. The number of nitrogens with zero attached hydrogens (tertiary/aromatic N) is 5. The second-order valence-electron chi connectivity index (χ2n) is 14.3. The number of aromatic nitrogens is 3. The molecule has 9 nitrogen and oxygen atoms in total. The molecule has 9 heteroatoms. The molecule has 5 rings (SSSR count). The van der Waals surface area contributed by atoms with Gasteiger partial charge in [-0.15, -0.1) is 0 Å². The lowest BCUT2D eigenvalue weighted by molar-refractivity contribution is 0.0482. The number of amides is 1. The lowest BCUT2D eigenvalue weighted by Gasteiger charge is -2.46. The number of aromatic carboxylic acids is 1. The van der Waals surface area contributed by atoms with Crippen molar-refractivity contribution >= 4 is 28.9 Å². The summed E-state index contributed by atoms with van der Waals surface area (Å²) in [6.07, 6.45) is 5.97. The van der Waals surface area contributed by atoms with Crippen LogP contribution in [-0.2, 0) is 5.41 Å². The standard InChI is InChI=1S/C32H43N5O4/c1-19-21(28(39)40)17-33-29(34-19)36-13-14-37(32(7,8)18-36)27(38)25-16-24-26(41-25)22(30(2,3)4)15-23(35-24)20-9-11-31(5,6)12-10-20/h15-17,20H,9-14,18H2,1-8H3,(H,39,40). The lowest BCUT2D eigenvalue weighted by Crippen LogP contribution is -2.61. The van der Waals surface area contributed by atoms with E-state index in [1.54, 1.807) is 6.92 Å². The van der Waals surface area contributed by atoms with Crippen molar-refractivity contribution in [3.05, 3.63) is 46.6 Å². The van der Waals surface area contributed by atoms with Crippen LogP contribution in [0.5, 0.6) is 0 Å². The molecule has 0 bridgehead atoms. The van der Waals surface area contributed by atoms with Gasteiger partial charge >= 0.3 is 5.97 Å². The van der Waals surface area contributed by atoms with Crippen molar-refractivity contribution in [3.8, 4) is 0 Å². The number of pyridine rings is 1. The van der Waals surface area contributed by atoms with E-state index in [0.29, 0.717) is 54.0 Å². The third kappa shape index (κ3) is 5.68. The first-order valence-corrected chi connectivity index (χ1v) is 14.6. The zero-order valence-corrected chi connectivity index (χ0v) is 25.7. The van der Waals surface area contributed by atoms with Gasteiger partial charge in [-0.25, -0.2) is 19.7 Å². The molecule has 0 spiro atoms. The van der Waals surface area contributed by atoms with Crippen LogP contribution in [0.25, 0.3) is 11.1 Å². The SMILES string of the molecule is Cc1nc(N2CCN(C(=O)c3cc4nc(C5CCC(C)(C)CC5)cc(C(C)(C)C)c4o3)C(C)(C)C2)ncc1C(=O)O. The number of fused-ring (bicyclic) bond motifs is 1. The highest BCUT2D eigenvalue weighted by Gasteiger charge is 2.40. The minimum atomic E-state index is -1.05. The predicted molar refractivity (Wildman–Crippen MR) is 159 cm³/mol. The highest BCUT2D eigenvalue weighted by molar-refractivity contribution is 5.96. The summed E-state index contributed by atoms with van der Waals surface area (Å²) in [5.41, 5.74) is 3.81. The summed E-state index contributed by atoms with van der Waals surface area (Å²) in [6.45, 7) is 18.4.